The van der Waals surface area contributed by atoms with E-state index < -0.39 is 0 Å². The lowest BCUT2D eigenvalue weighted by Gasteiger charge is -2.36. The van der Waals surface area contributed by atoms with Crippen LogP contribution in [0.3, 0.4) is 0 Å². The van der Waals surface area contributed by atoms with Crippen LogP contribution in [0.4, 0.5) is 0 Å². The molecule has 0 aromatic carbocycles. The Labute approximate surface area is 148 Å². The van der Waals surface area contributed by atoms with Gasteiger partial charge in [-0.3, -0.25) is 9.69 Å². The zero-order valence-electron chi connectivity index (χ0n) is 14.4. The Bertz CT molecular complexity index is 554. The van der Waals surface area contributed by atoms with E-state index >= 15 is 0 Å². The monoisotopic (exact) mass is 348 g/mol. The van der Waals surface area contributed by atoms with E-state index in [-0.39, 0.29) is 17.9 Å². The number of nitrogens with zero attached hydrogens (tertiary/aromatic N) is 1. The van der Waals surface area contributed by atoms with Gasteiger partial charge in [-0.05, 0) is 62.6 Å². The van der Waals surface area contributed by atoms with Gasteiger partial charge in [0.2, 0.25) is 5.91 Å². The Hall–Kier alpha value is -0.910. The lowest BCUT2D eigenvalue weighted by Crippen LogP contribution is -2.44. The molecule has 3 fully saturated rings. The van der Waals surface area contributed by atoms with Crippen LogP contribution in [0.1, 0.15) is 49.9 Å². The summed E-state index contributed by atoms with van der Waals surface area (Å²) in [6, 6.07) is 4.65. The number of amides is 1. The summed E-state index contributed by atoms with van der Waals surface area (Å²) >= 11 is 1.80. The number of ether oxygens (including phenoxy) is 1. The van der Waals surface area contributed by atoms with Crippen LogP contribution in [0, 0.1) is 11.8 Å². The van der Waals surface area contributed by atoms with Gasteiger partial charge in [0.05, 0.1) is 24.2 Å². The fraction of sp³-hybridized carbons (Fsp3) is 0.737. The van der Waals surface area contributed by atoms with Crippen molar-refractivity contribution in [1.29, 1.82) is 0 Å². The molecule has 1 aromatic rings. The number of thiophene rings is 1. The smallest absolute Gasteiger partial charge is 0.225 e. The third kappa shape index (κ3) is 3.39. The lowest BCUT2D eigenvalue weighted by molar-refractivity contribution is -0.126. The standard InChI is InChI=1S/C19H28N2O2S/c1-13-6-8-21(9-7-13)16(18-3-2-10-24-18)12-20-19(22)15-11-14-4-5-17(15)23-14/h2-3,10,13-17H,4-9,11-12H2,1H3,(H,20,22)/t14-,15-,16+,17-/m1/s1. The first-order chi connectivity index (χ1) is 11.7. The van der Waals surface area contributed by atoms with Crippen molar-refractivity contribution < 1.29 is 9.53 Å². The summed E-state index contributed by atoms with van der Waals surface area (Å²) in [5, 5.41) is 5.39. The Balaban J connectivity index is 1.38. The maximum atomic E-state index is 12.6. The van der Waals surface area contributed by atoms with Gasteiger partial charge in [0, 0.05) is 11.4 Å². The number of fused-ring (bicyclic) bond motifs is 2. The SMILES string of the molecule is CC1CCN([C@@H](CNC(=O)[C@@H]2C[C@H]3CC[C@H]2O3)c2cccs2)CC1. The van der Waals surface area contributed by atoms with Gasteiger partial charge in [-0.1, -0.05) is 13.0 Å². The van der Waals surface area contributed by atoms with E-state index in [1.54, 1.807) is 11.3 Å². The third-order valence-electron chi connectivity index (χ3n) is 6.04. The van der Waals surface area contributed by atoms with E-state index in [2.05, 4.69) is 34.7 Å². The van der Waals surface area contributed by atoms with Crippen molar-refractivity contribution in [3.63, 3.8) is 0 Å². The predicted molar refractivity (Wildman–Crippen MR) is 96.0 cm³/mol. The van der Waals surface area contributed by atoms with Gasteiger partial charge in [0.1, 0.15) is 0 Å². The zero-order valence-corrected chi connectivity index (χ0v) is 15.3. The number of piperidine rings is 1. The Morgan fingerprint density at radius 1 is 1.38 bits per heavy atom. The second-order valence-corrected chi connectivity index (χ2v) is 8.69. The molecule has 3 aliphatic rings. The summed E-state index contributed by atoms with van der Waals surface area (Å²) in [7, 11) is 0. The minimum absolute atomic E-state index is 0.0779. The second-order valence-electron chi connectivity index (χ2n) is 7.71. The number of hydrogen-bond acceptors (Lipinski definition) is 4. The predicted octanol–water partition coefficient (Wildman–Crippen LogP) is 3.20. The molecule has 0 radical (unpaired) electrons. The maximum Gasteiger partial charge on any atom is 0.225 e. The summed E-state index contributed by atoms with van der Waals surface area (Å²) in [6.07, 6.45) is 6.14. The Morgan fingerprint density at radius 2 is 2.21 bits per heavy atom. The molecule has 0 unspecified atom stereocenters. The molecule has 0 spiro atoms. The molecule has 4 atom stereocenters. The molecule has 0 aliphatic carbocycles. The average molecular weight is 349 g/mol. The van der Waals surface area contributed by atoms with Crippen LogP contribution in [0.15, 0.2) is 17.5 Å². The maximum absolute atomic E-state index is 12.6. The number of rotatable bonds is 5. The quantitative estimate of drug-likeness (QED) is 0.888. The van der Waals surface area contributed by atoms with Crippen LogP contribution < -0.4 is 5.32 Å². The average Bonchev–Trinajstić information content (AvgIpc) is 3.34. The first-order valence-electron chi connectivity index (χ1n) is 9.41. The summed E-state index contributed by atoms with van der Waals surface area (Å²) in [5.74, 6) is 1.11. The molecule has 0 saturated carbocycles. The molecule has 2 bridgehead atoms. The van der Waals surface area contributed by atoms with E-state index in [0.717, 1.165) is 44.8 Å². The highest BCUT2D eigenvalue weighted by Gasteiger charge is 2.44. The van der Waals surface area contributed by atoms with Crippen molar-refractivity contribution in [3.05, 3.63) is 22.4 Å². The van der Waals surface area contributed by atoms with Crippen molar-refractivity contribution in [2.75, 3.05) is 19.6 Å². The fourth-order valence-corrected chi connectivity index (χ4v) is 5.33. The molecular formula is C19H28N2O2S. The summed E-state index contributed by atoms with van der Waals surface area (Å²) in [5.41, 5.74) is 0. The third-order valence-corrected chi connectivity index (χ3v) is 7.02. The molecule has 1 N–H and O–H groups in total. The van der Waals surface area contributed by atoms with Crippen molar-refractivity contribution >= 4 is 17.2 Å². The summed E-state index contributed by atoms with van der Waals surface area (Å²) in [6.45, 7) is 5.34. The molecule has 132 valence electrons. The minimum Gasteiger partial charge on any atom is -0.374 e. The lowest BCUT2D eigenvalue weighted by atomic mass is 9.88. The molecule has 4 rings (SSSR count). The van der Waals surface area contributed by atoms with Crippen LogP contribution in [-0.2, 0) is 9.53 Å². The number of carbonyl (C=O) groups excluding carboxylic acids is 1. The van der Waals surface area contributed by atoms with E-state index in [1.807, 2.05) is 0 Å². The van der Waals surface area contributed by atoms with Crippen LogP contribution in [-0.4, -0.2) is 42.6 Å². The Morgan fingerprint density at radius 3 is 2.83 bits per heavy atom. The van der Waals surface area contributed by atoms with Crippen LogP contribution in [0.25, 0.3) is 0 Å². The van der Waals surface area contributed by atoms with Crippen molar-refractivity contribution in [2.45, 2.75) is 57.3 Å². The number of hydrogen-bond donors (Lipinski definition) is 1. The van der Waals surface area contributed by atoms with E-state index in [9.17, 15) is 4.79 Å². The van der Waals surface area contributed by atoms with E-state index in [1.165, 1.54) is 17.7 Å². The second kappa shape index (κ2) is 7.14. The molecule has 3 aliphatic heterocycles. The zero-order chi connectivity index (χ0) is 16.5. The molecular weight excluding hydrogens is 320 g/mol. The summed E-state index contributed by atoms with van der Waals surface area (Å²) in [4.78, 5) is 16.6. The highest BCUT2D eigenvalue weighted by molar-refractivity contribution is 7.10. The molecule has 4 nitrogen and oxygen atoms in total. The van der Waals surface area contributed by atoms with Gasteiger partial charge in [-0.15, -0.1) is 11.3 Å². The van der Waals surface area contributed by atoms with Gasteiger partial charge >= 0.3 is 0 Å². The van der Waals surface area contributed by atoms with Crippen LogP contribution >= 0.6 is 11.3 Å². The van der Waals surface area contributed by atoms with Gasteiger partial charge in [-0.25, -0.2) is 0 Å². The molecule has 24 heavy (non-hydrogen) atoms. The normalized spacial score (nSPS) is 32.1. The number of likely N-dealkylation sites (tertiary alicyclic amines) is 1. The van der Waals surface area contributed by atoms with Gasteiger partial charge in [0.15, 0.2) is 0 Å². The molecule has 1 aromatic heterocycles. The first-order valence-corrected chi connectivity index (χ1v) is 10.3. The van der Waals surface area contributed by atoms with Crippen molar-refractivity contribution in [3.8, 4) is 0 Å². The van der Waals surface area contributed by atoms with E-state index in [0.29, 0.717) is 12.1 Å². The minimum atomic E-state index is 0.0779. The van der Waals surface area contributed by atoms with E-state index in [4.69, 9.17) is 4.74 Å². The van der Waals surface area contributed by atoms with Crippen molar-refractivity contribution in [1.82, 2.24) is 10.2 Å². The van der Waals surface area contributed by atoms with Gasteiger partial charge in [0.25, 0.3) is 0 Å². The number of nitrogens with one attached hydrogen (secondary N) is 1. The number of carbonyl (C=O) groups is 1. The largest absolute Gasteiger partial charge is 0.374 e. The highest BCUT2D eigenvalue weighted by Crippen LogP contribution is 2.39. The highest BCUT2D eigenvalue weighted by atomic mass is 32.1. The molecule has 4 heterocycles. The van der Waals surface area contributed by atoms with Crippen LogP contribution in [0.5, 0.6) is 0 Å². The van der Waals surface area contributed by atoms with Crippen LogP contribution in [0.2, 0.25) is 0 Å². The van der Waals surface area contributed by atoms with Gasteiger partial charge < -0.3 is 10.1 Å². The first kappa shape index (κ1) is 16.6. The molecule has 1 amide bonds. The summed E-state index contributed by atoms with van der Waals surface area (Å²) < 4.78 is 5.84. The Kier molecular flexibility index (Phi) is 4.93. The molecule has 5 heteroatoms. The van der Waals surface area contributed by atoms with Crippen molar-refractivity contribution in [2.24, 2.45) is 11.8 Å². The van der Waals surface area contributed by atoms with Gasteiger partial charge in [-0.2, -0.15) is 0 Å². The molecule has 3 saturated heterocycles. The fourth-order valence-electron chi connectivity index (χ4n) is 4.47. The topological polar surface area (TPSA) is 41.6 Å².